The van der Waals surface area contributed by atoms with Gasteiger partial charge in [-0.25, -0.2) is 0 Å². The Kier molecular flexibility index (Phi) is 10.1. The average Bonchev–Trinajstić information content (AvgIpc) is 2.17. The molecule has 0 aliphatic heterocycles. The number of rotatable bonds is 8. The summed E-state index contributed by atoms with van der Waals surface area (Å²) in [5.41, 5.74) is 0. The monoisotopic (exact) mass is 196 g/mol. The van der Waals surface area contributed by atoms with Crippen LogP contribution in [0.1, 0.15) is 46.0 Å². The van der Waals surface area contributed by atoms with Gasteiger partial charge in [-0.3, -0.25) is 0 Å². The number of aliphatic hydroxyl groups is 1. The Balaban J connectivity index is 3.30. The highest BCUT2D eigenvalue weighted by Gasteiger charge is 1.97. The SMILES string of the molecule is CC/C=C\C/C=C\CCC(C)CCO. The van der Waals surface area contributed by atoms with Gasteiger partial charge in [0, 0.05) is 6.61 Å². The molecule has 1 heteroatoms. The van der Waals surface area contributed by atoms with Gasteiger partial charge in [0.2, 0.25) is 0 Å². The number of hydrogen-bond donors (Lipinski definition) is 1. The van der Waals surface area contributed by atoms with Crippen molar-refractivity contribution in [3.63, 3.8) is 0 Å². The van der Waals surface area contributed by atoms with E-state index in [2.05, 4.69) is 38.2 Å². The molecule has 0 aromatic carbocycles. The molecule has 0 bridgehead atoms. The van der Waals surface area contributed by atoms with E-state index in [4.69, 9.17) is 5.11 Å². The van der Waals surface area contributed by atoms with Gasteiger partial charge in [0.15, 0.2) is 0 Å². The van der Waals surface area contributed by atoms with Crippen LogP contribution in [0.4, 0.5) is 0 Å². The van der Waals surface area contributed by atoms with Crippen molar-refractivity contribution in [2.45, 2.75) is 46.0 Å². The normalized spacial score (nSPS) is 14.2. The standard InChI is InChI=1S/C13H24O/c1-3-4-5-6-7-8-9-10-13(2)11-12-14/h4-5,7-8,13-14H,3,6,9-12H2,1-2H3/b5-4-,8-7-. The molecular weight excluding hydrogens is 172 g/mol. The molecule has 1 N–H and O–H groups in total. The van der Waals surface area contributed by atoms with Gasteiger partial charge in [-0.1, -0.05) is 38.2 Å². The molecule has 0 amide bonds. The first-order chi connectivity index (χ1) is 6.81. The van der Waals surface area contributed by atoms with Crippen molar-refractivity contribution < 1.29 is 5.11 Å². The molecule has 82 valence electrons. The second-order valence-corrected chi connectivity index (χ2v) is 3.78. The molecule has 0 heterocycles. The van der Waals surface area contributed by atoms with Gasteiger partial charge in [0.1, 0.15) is 0 Å². The van der Waals surface area contributed by atoms with E-state index < -0.39 is 0 Å². The molecule has 0 saturated heterocycles. The third-order valence-corrected chi connectivity index (χ3v) is 2.29. The van der Waals surface area contributed by atoms with Crippen molar-refractivity contribution >= 4 is 0 Å². The molecule has 0 aromatic rings. The molecule has 0 fully saturated rings. The second-order valence-electron chi connectivity index (χ2n) is 3.78. The van der Waals surface area contributed by atoms with Crippen molar-refractivity contribution in [2.75, 3.05) is 6.61 Å². The van der Waals surface area contributed by atoms with Gasteiger partial charge in [0.25, 0.3) is 0 Å². The largest absolute Gasteiger partial charge is 0.396 e. The van der Waals surface area contributed by atoms with Crippen LogP contribution in [0, 0.1) is 5.92 Å². The van der Waals surface area contributed by atoms with Gasteiger partial charge in [-0.15, -0.1) is 0 Å². The van der Waals surface area contributed by atoms with Crippen molar-refractivity contribution in [3.05, 3.63) is 24.3 Å². The Morgan fingerprint density at radius 3 is 2.43 bits per heavy atom. The van der Waals surface area contributed by atoms with E-state index in [-0.39, 0.29) is 0 Å². The Bertz CT molecular complexity index is 159. The number of aliphatic hydroxyl groups excluding tert-OH is 1. The lowest BCUT2D eigenvalue weighted by molar-refractivity contribution is 0.259. The topological polar surface area (TPSA) is 20.2 Å². The van der Waals surface area contributed by atoms with Crippen LogP contribution in [0.25, 0.3) is 0 Å². The molecule has 0 spiro atoms. The van der Waals surface area contributed by atoms with Crippen LogP contribution in [0.5, 0.6) is 0 Å². The lowest BCUT2D eigenvalue weighted by Crippen LogP contribution is -1.96. The predicted octanol–water partition coefficient (Wildman–Crippen LogP) is 3.70. The van der Waals surface area contributed by atoms with Crippen LogP contribution >= 0.6 is 0 Å². The van der Waals surface area contributed by atoms with Gasteiger partial charge in [0.05, 0.1) is 0 Å². The van der Waals surface area contributed by atoms with Crippen LogP contribution in [0.2, 0.25) is 0 Å². The fourth-order valence-electron chi connectivity index (χ4n) is 1.30. The van der Waals surface area contributed by atoms with E-state index in [0.717, 1.165) is 25.7 Å². The molecule has 1 atom stereocenters. The van der Waals surface area contributed by atoms with Crippen molar-refractivity contribution in [1.82, 2.24) is 0 Å². The van der Waals surface area contributed by atoms with Crippen molar-refractivity contribution in [3.8, 4) is 0 Å². The van der Waals surface area contributed by atoms with Gasteiger partial charge < -0.3 is 5.11 Å². The Hall–Kier alpha value is -0.560. The molecule has 0 saturated carbocycles. The third kappa shape index (κ3) is 9.53. The molecule has 14 heavy (non-hydrogen) atoms. The van der Waals surface area contributed by atoms with Crippen LogP contribution in [0.3, 0.4) is 0 Å². The zero-order chi connectivity index (χ0) is 10.6. The van der Waals surface area contributed by atoms with E-state index in [0.29, 0.717) is 12.5 Å². The summed E-state index contributed by atoms with van der Waals surface area (Å²) < 4.78 is 0. The summed E-state index contributed by atoms with van der Waals surface area (Å²) in [6.45, 7) is 4.67. The molecule has 0 aliphatic carbocycles. The molecular formula is C13H24O. The first-order valence-electron chi connectivity index (χ1n) is 5.72. The molecule has 1 nitrogen and oxygen atoms in total. The lowest BCUT2D eigenvalue weighted by Gasteiger charge is -2.05. The van der Waals surface area contributed by atoms with Crippen LogP contribution in [-0.4, -0.2) is 11.7 Å². The average molecular weight is 196 g/mol. The van der Waals surface area contributed by atoms with E-state index in [9.17, 15) is 0 Å². The second kappa shape index (κ2) is 10.5. The minimum absolute atomic E-state index is 0.324. The Labute approximate surface area is 88.5 Å². The highest BCUT2D eigenvalue weighted by molar-refractivity contribution is 4.92. The summed E-state index contributed by atoms with van der Waals surface area (Å²) in [5, 5.41) is 8.71. The molecule has 0 rings (SSSR count). The van der Waals surface area contributed by atoms with Gasteiger partial charge in [-0.2, -0.15) is 0 Å². The smallest absolute Gasteiger partial charge is 0.0433 e. The third-order valence-electron chi connectivity index (χ3n) is 2.29. The van der Waals surface area contributed by atoms with E-state index in [1.54, 1.807) is 0 Å². The Morgan fingerprint density at radius 1 is 1.07 bits per heavy atom. The van der Waals surface area contributed by atoms with E-state index in [1.165, 1.54) is 6.42 Å². The maximum Gasteiger partial charge on any atom is 0.0433 e. The fourth-order valence-corrected chi connectivity index (χ4v) is 1.30. The molecule has 1 unspecified atom stereocenters. The summed E-state index contributed by atoms with van der Waals surface area (Å²) in [4.78, 5) is 0. The predicted molar refractivity (Wildman–Crippen MR) is 63.3 cm³/mol. The quantitative estimate of drug-likeness (QED) is 0.587. The molecule has 0 radical (unpaired) electrons. The summed E-state index contributed by atoms with van der Waals surface area (Å²) in [6.07, 6.45) is 14.3. The summed E-state index contributed by atoms with van der Waals surface area (Å²) in [7, 11) is 0. The number of allylic oxidation sites excluding steroid dienone is 4. The van der Waals surface area contributed by atoms with E-state index in [1.807, 2.05) is 0 Å². The van der Waals surface area contributed by atoms with Gasteiger partial charge in [-0.05, 0) is 38.0 Å². The maximum absolute atomic E-state index is 8.71. The zero-order valence-electron chi connectivity index (χ0n) is 9.58. The maximum atomic E-state index is 8.71. The summed E-state index contributed by atoms with van der Waals surface area (Å²) in [6, 6.07) is 0. The molecule has 0 aliphatic rings. The first kappa shape index (κ1) is 13.4. The summed E-state index contributed by atoms with van der Waals surface area (Å²) >= 11 is 0. The van der Waals surface area contributed by atoms with E-state index >= 15 is 0 Å². The highest BCUT2D eigenvalue weighted by atomic mass is 16.3. The highest BCUT2D eigenvalue weighted by Crippen LogP contribution is 2.09. The zero-order valence-corrected chi connectivity index (χ0v) is 9.58. The van der Waals surface area contributed by atoms with Crippen molar-refractivity contribution in [1.29, 1.82) is 0 Å². The van der Waals surface area contributed by atoms with Crippen LogP contribution < -0.4 is 0 Å². The molecule has 0 aromatic heterocycles. The minimum Gasteiger partial charge on any atom is -0.396 e. The summed E-state index contributed by atoms with van der Waals surface area (Å²) in [5.74, 6) is 0.649. The fraction of sp³-hybridized carbons (Fsp3) is 0.692. The number of hydrogen-bond acceptors (Lipinski definition) is 1. The lowest BCUT2D eigenvalue weighted by atomic mass is 10.0. The van der Waals surface area contributed by atoms with Crippen LogP contribution in [-0.2, 0) is 0 Å². The van der Waals surface area contributed by atoms with Crippen molar-refractivity contribution in [2.24, 2.45) is 5.92 Å². The first-order valence-corrected chi connectivity index (χ1v) is 5.72. The Morgan fingerprint density at radius 2 is 1.79 bits per heavy atom. The minimum atomic E-state index is 0.324. The van der Waals surface area contributed by atoms with Crippen LogP contribution in [0.15, 0.2) is 24.3 Å². The van der Waals surface area contributed by atoms with Gasteiger partial charge >= 0.3 is 0 Å².